The zero-order valence-electron chi connectivity index (χ0n) is 13.3. The molecule has 0 saturated carbocycles. The summed E-state index contributed by atoms with van der Waals surface area (Å²) in [4.78, 5) is 21.1. The van der Waals surface area contributed by atoms with Gasteiger partial charge >= 0.3 is 0 Å². The molecule has 2 aromatic rings. The SMILES string of the molecule is CN1CCN(C(=O)C=Cc2ccccn2)C(c2ccccc2)C1. The van der Waals surface area contributed by atoms with Crippen LogP contribution in [0.3, 0.4) is 0 Å². The number of aromatic nitrogens is 1. The van der Waals surface area contributed by atoms with Gasteiger partial charge in [-0.1, -0.05) is 36.4 Å². The van der Waals surface area contributed by atoms with Gasteiger partial charge in [-0.05, 0) is 30.8 Å². The van der Waals surface area contributed by atoms with Gasteiger partial charge in [0, 0.05) is 31.9 Å². The van der Waals surface area contributed by atoms with E-state index < -0.39 is 0 Å². The van der Waals surface area contributed by atoms with Crippen LogP contribution in [0.4, 0.5) is 0 Å². The van der Waals surface area contributed by atoms with Crippen LogP contribution < -0.4 is 0 Å². The molecule has 0 radical (unpaired) electrons. The quantitative estimate of drug-likeness (QED) is 0.818. The monoisotopic (exact) mass is 307 g/mol. The Bertz CT molecular complexity index is 670. The lowest BCUT2D eigenvalue weighted by molar-refractivity contribution is -0.130. The molecule has 1 aromatic carbocycles. The average molecular weight is 307 g/mol. The molecule has 3 rings (SSSR count). The summed E-state index contributed by atoms with van der Waals surface area (Å²) in [6.07, 6.45) is 5.14. The Balaban J connectivity index is 1.78. The van der Waals surface area contributed by atoms with Crippen LogP contribution in [-0.2, 0) is 4.79 Å². The summed E-state index contributed by atoms with van der Waals surface area (Å²) in [5, 5.41) is 0. The summed E-state index contributed by atoms with van der Waals surface area (Å²) in [5.74, 6) is 0.0395. The molecule has 0 spiro atoms. The van der Waals surface area contributed by atoms with Crippen LogP contribution in [0.15, 0.2) is 60.8 Å². The summed E-state index contributed by atoms with van der Waals surface area (Å²) in [6.45, 7) is 2.49. The molecule has 1 amide bonds. The summed E-state index contributed by atoms with van der Waals surface area (Å²) in [6, 6.07) is 16.0. The van der Waals surface area contributed by atoms with Crippen molar-refractivity contribution in [2.24, 2.45) is 0 Å². The van der Waals surface area contributed by atoms with Crippen LogP contribution in [-0.4, -0.2) is 47.4 Å². The Morgan fingerprint density at radius 2 is 1.91 bits per heavy atom. The molecule has 4 nitrogen and oxygen atoms in total. The number of carbonyl (C=O) groups excluding carboxylic acids is 1. The highest BCUT2D eigenvalue weighted by Crippen LogP contribution is 2.25. The van der Waals surface area contributed by atoms with Crippen molar-refractivity contribution in [3.8, 4) is 0 Å². The van der Waals surface area contributed by atoms with Crippen molar-refractivity contribution in [3.63, 3.8) is 0 Å². The van der Waals surface area contributed by atoms with Gasteiger partial charge in [-0.25, -0.2) is 0 Å². The second kappa shape index (κ2) is 7.20. The van der Waals surface area contributed by atoms with Gasteiger partial charge in [-0.15, -0.1) is 0 Å². The first-order valence-electron chi connectivity index (χ1n) is 7.87. The first-order chi connectivity index (χ1) is 11.2. The van der Waals surface area contributed by atoms with Crippen molar-refractivity contribution in [3.05, 3.63) is 72.1 Å². The van der Waals surface area contributed by atoms with Gasteiger partial charge in [0.25, 0.3) is 0 Å². The number of carbonyl (C=O) groups is 1. The average Bonchev–Trinajstić information content (AvgIpc) is 2.61. The molecule has 1 aliphatic rings. The highest BCUT2D eigenvalue weighted by molar-refractivity contribution is 5.92. The first-order valence-corrected chi connectivity index (χ1v) is 7.87. The minimum absolute atomic E-state index is 0.0395. The fourth-order valence-corrected chi connectivity index (χ4v) is 2.87. The molecule has 4 heteroatoms. The van der Waals surface area contributed by atoms with E-state index in [0.29, 0.717) is 0 Å². The standard InChI is InChI=1S/C19H21N3O/c1-21-13-14-22(18(15-21)16-7-3-2-4-8-16)19(23)11-10-17-9-5-6-12-20-17/h2-12,18H,13-15H2,1H3. The van der Waals surface area contributed by atoms with E-state index in [4.69, 9.17) is 0 Å². The molecule has 1 atom stereocenters. The minimum atomic E-state index is 0.0395. The smallest absolute Gasteiger partial charge is 0.247 e. The van der Waals surface area contributed by atoms with E-state index >= 15 is 0 Å². The van der Waals surface area contributed by atoms with Crippen molar-refractivity contribution in [1.29, 1.82) is 0 Å². The molecule has 0 bridgehead atoms. The number of pyridine rings is 1. The molecular weight excluding hydrogens is 286 g/mol. The number of piperazine rings is 1. The Morgan fingerprint density at radius 1 is 1.13 bits per heavy atom. The second-order valence-electron chi connectivity index (χ2n) is 5.81. The van der Waals surface area contributed by atoms with Gasteiger partial charge in [-0.2, -0.15) is 0 Å². The molecule has 1 fully saturated rings. The van der Waals surface area contributed by atoms with Crippen molar-refractivity contribution < 1.29 is 4.79 Å². The molecule has 1 aliphatic heterocycles. The third-order valence-electron chi connectivity index (χ3n) is 4.14. The van der Waals surface area contributed by atoms with Gasteiger partial charge in [-0.3, -0.25) is 9.78 Å². The maximum Gasteiger partial charge on any atom is 0.247 e. The van der Waals surface area contributed by atoms with Crippen molar-refractivity contribution in [1.82, 2.24) is 14.8 Å². The van der Waals surface area contributed by atoms with Gasteiger partial charge in [0.2, 0.25) is 5.91 Å². The highest BCUT2D eigenvalue weighted by atomic mass is 16.2. The summed E-state index contributed by atoms with van der Waals surface area (Å²) in [5.41, 5.74) is 1.98. The van der Waals surface area contributed by atoms with E-state index in [1.807, 2.05) is 41.3 Å². The fourth-order valence-electron chi connectivity index (χ4n) is 2.87. The maximum atomic E-state index is 12.7. The van der Waals surface area contributed by atoms with Crippen LogP contribution in [0.5, 0.6) is 0 Å². The number of rotatable bonds is 3. The molecule has 1 aromatic heterocycles. The summed E-state index contributed by atoms with van der Waals surface area (Å²) >= 11 is 0. The van der Waals surface area contributed by atoms with E-state index in [0.717, 1.165) is 25.3 Å². The zero-order valence-corrected chi connectivity index (χ0v) is 13.3. The molecule has 1 saturated heterocycles. The van der Waals surface area contributed by atoms with E-state index in [-0.39, 0.29) is 11.9 Å². The number of hydrogen-bond acceptors (Lipinski definition) is 3. The normalized spacial score (nSPS) is 19.2. The second-order valence-corrected chi connectivity index (χ2v) is 5.81. The van der Waals surface area contributed by atoms with Crippen molar-refractivity contribution >= 4 is 12.0 Å². The third-order valence-corrected chi connectivity index (χ3v) is 4.14. The van der Waals surface area contributed by atoms with E-state index in [1.165, 1.54) is 5.56 Å². The molecule has 23 heavy (non-hydrogen) atoms. The van der Waals surface area contributed by atoms with Gasteiger partial charge in [0.1, 0.15) is 0 Å². The number of hydrogen-bond donors (Lipinski definition) is 0. The third kappa shape index (κ3) is 3.85. The molecular formula is C19H21N3O. The lowest BCUT2D eigenvalue weighted by Crippen LogP contribution is -2.48. The Morgan fingerprint density at radius 3 is 2.65 bits per heavy atom. The van der Waals surface area contributed by atoms with Crippen LogP contribution >= 0.6 is 0 Å². The fraction of sp³-hybridized carbons (Fsp3) is 0.263. The number of likely N-dealkylation sites (N-methyl/N-ethyl adjacent to an activating group) is 1. The number of nitrogens with zero attached hydrogens (tertiary/aromatic N) is 3. The topological polar surface area (TPSA) is 36.4 Å². The number of amides is 1. The van der Waals surface area contributed by atoms with Crippen LogP contribution in [0.2, 0.25) is 0 Å². The number of benzene rings is 1. The van der Waals surface area contributed by atoms with Crippen LogP contribution in [0.1, 0.15) is 17.3 Å². The largest absolute Gasteiger partial charge is 0.330 e. The summed E-state index contributed by atoms with van der Waals surface area (Å²) < 4.78 is 0. The lowest BCUT2D eigenvalue weighted by atomic mass is 10.0. The zero-order chi connectivity index (χ0) is 16.1. The van der Waals surface area contributed by atoms with Gasteiger partial charge in [0.15, 0.2) is 0 Å². The Hall–Kier alpha value is -2.46. The Kier molecular flexibility index (Phi) is 4.83. The van der Waals surface area contributed by atoms with Crippen LogP contribution in [0, 0.1) is 0 Å². The maximum absolute atomic E-state index is 12.7. The van der Waals surface area contributed by atoms with Gasteiger partial charge in [0.05, 0.1) is 11.7 Å². The summed E-state index contributed by atoms with van der Waals surface area (Å²) in [7, 11) is 2.10. The molecule has 1 unspecified atom stereocenters. The minimum Gasteiger partial charge on any atom is -0.330 e. The van der Waals surface area contributed by atoms with E-state index in [9.17, 15) is 4.79 Å². The molecule has 0 N–H and O–H groups in total. The predicted octanol–water partition coefficient (Wildman–Crippen LogP) is 2.61. The molecule has 0 aliphatic carbocycles. The van der Waals surface area contributed by atoms with Crippen LogP contribution in [0.25, 0.3) is 6.08 Å². The lowest BCUT2D eigenvalue weighted by Gasteiger charge is -2.39. The Labute approximate surface area is 137 Å². The van der Waals surface area contributed by atoms with Gasteiger partial charge < -0.3 is 9.80 Å². The first kappa shape index (κ1) is 15.4. The van der Waals surface area contributed by atoms with E-state index in [1.54, 1.807) is 18.3 Å². The van der Waals surface area contributed by atoms with E-state index in [2.05, 4.69) is 29.1 Å². The van der Waals surface area contributed by atoms with Crippen molar-refractivity contribution in [2.45, 2.75) is 6.04 Å². The van der Waals surface area contributed by atoms with Crippen molar-refractivity contribution in [2.75, 3.05) is 26.7 Å². The highest BCUT2D eigenvalue weighted by Gasteiger charge is 2.28. The molecule has 118 valence electrons. The predicted molar refractivity (Wildman–Crippen MR) is 91.7 cm³/mol. The molecule has 2 heterocycles.